The van der Waals surface area contributed by atoms with Gasteiger partial charge in [-0.15, -0.1) is 0 Å². The van der Waals surface area contributed by atoms with Crippen molar-refractivity contribution in [2.24, 2.45) is 5.73 Å². The van der Waals surface area contributed by atoms with Crippen molar-refractivity contribution in [1.82, 2.24) is 5.32 Å². The Morgan fingerprint density at radius 3 is 2.31 bits per heavy atom. The van der Waals surface area contributed by atoms with Gasteiger partial charge in [-0.25, -0.2) is 8.42 Å². The summed E-state index contributed by atoms with van der Waals surface area (Å²) in [5.74, 6) is -0.415. The molecule has 0 aliphatic carbocycles. The Morgan fingerprint density at radius 2 is 1.81 bits per heavy atom. The fraction of sp³-hybridized carbons (Fsp3) is 0.900. The van der Waals surface area contributed by atoms with Crippen LogP contribution in [0.3, 0.4) is 0 Å². The lowest BCUT2D eigenvalue weighted by molar-refractivity contribution is -0.120. The number of rotatable bonds is 8. The molecule has 0 radical (unpaired) electrons. The minimum absolute atomic E-state index is 0.415. The third kappa shape index (κ3) is 6.79. The van der Waals surface area contributed by atoms with Crippen molar-refractivity contribution in [1.29, 1.82) is 0 Å². The summed E-state index contributed by atoms with van der Waals surface area (Å²) in [4.78, 5) is 11.4. The lowest BCUT2D eigenvalue weighted by Gasteiger charge is -2.10. The molecule has 0 aromatic carbocycles. The summed E-state index contributed by atoms with van der Waals surface area (Å²) in [5, 5.41) is 1.65. The first kappa shape index (κ1) is 15.4. The van der Waals surface area contributed by atoms with Gasteiger partial charge in [-0.3, -0.25) is 4.79 Å². The SMILES string of the molecule is CC(C(=O)NCCCCCCN)S(C)(=O)=O. The Balaban J connectivity index is 3.67. The second-order valence-corrected chi connectivity index (χ2v) is 6.33. The Kier molecular flexibility index (Phi) is 7.33. The quantitative estimate of drug-likeness (QED) is 0.596. The molecule has 1 atom stereocenters. The maximum atomic E-state index is 11.4. The van der Waals surface area contributed by atoms with Gasteiger partial charge < -0.3 is 11.1 Å². The van der Waals surface area contributed by atoms with E-state index in [1.165, 1.54) is 6.92 Å². The Bertz CT molecular complexity index is 301. The number of hydrogen-bond acceptors (Lipinski definition) is 4. The lowest BCUT2D eigenvalue weighted by atomic mass is 10.2. The maximum Gasteiger partial charge on any atom is 0.238 e. The molecule has 0 aliphatic rings. The number of unbranched alkanes of at least 4 members (excludes halogenated alkanes) is 3. The zero-order valence-electron chi connectivity index (χ0n) is 10.0. The largest absolute Gasteiger partial charge is 0.355 e. The monoisotopic (exact) mass is 250 g/mol. The minimum atomic E-state index is -3.28. The molecule has 0 rings (SSSR count). The Hall–Kier alpha value is -0.620. The van der Waals surface area contributed by atoms with E-state index in [-0.39, 0.29) is 0 Å². The normalized spacial score (nSPS) is 13.4. The molecule has 0 bridgehead atoms. The summed E-state index contributed by atoms with van der Waals surface area (Å²) < 4.78 is 22.1. The number of nitrogens with one attached hydrogen (secondary N) is 1. The summed E-state index contributed by atoms with van der Waals surface area (Å²) in [5.41, 5.74) is 5.34. The van der Waals surface area contributed by atoms with Crippen LogP contribution in [0, 0.1) is 0 Å². The first-order chi connectivity index (χ1) is 7.39. The van der Waals surface area contributed by atoms with Gasteiger partial charge in [0.1, 0.15) is 5.25 Å². The maximum absolute atomic E-state index is 11.4. The number of carbonyl (C=O) groups is 1. The molecule has 0 aromatic heterocycles. The van der Waals surface area contributed by atoms with Crippen LogP contribution in [0.4, 0.5) is 0 Å². The number of sulfone groups is 1. The van der Waals surface area contributed by atoms with Crippen molar-refractivity contribution in [3.05, 3.63) is 0 Å². The molecule has 6 heteroatoms. The molecule has 0 spiro atoms. The number of amides is 1. The highest BCUT2D eigenvalue weighted by Gasteiger charge is 2.22. The first-order valence-electron chi connectivity index (χ1n) is 5.56. The van der Waals surface area contributed by atoms with E-state index in [0.29, 0.717) is 13.1 Å². The van der Waals surface area contributed by atoms with Crippen molar-refractivity contribution >= 4 is 15.7 Å². The smallest absolute Gasteiger partial charge is 0.238 e. The second kappa shape index (κ2) is 7.62. The van der Waals surface area contributed by atoms with Crippen molar-refractivity contribution < 1.29 is 13.2 Å². The highest BCUT2D eigenvalue weighted by atomic mass is 32.2. The third-order valence-corrected chi connectivity index (χ3v) is 3.94. The minimum Gasteiger partial charge on any atom is -0.355 e. The molecule has 3 N–H and O–H groups in total. The third-order valence-electron chi connectivity index (χ3n) is 2.44. The van der Waals surface area contributed by atoms with Crippen LogP contribution in [0.1, 0.15) is 32.6 Å². The fourth-order valence-corrected chi connectivity index (χ4v) is 1.64. The number of carbonyl (C=O) groups excluding carboxylic acids is 1. The van der Waals surface area contributed by atoms with E-state index in [0.717, 1.165) is 31.9 Å². The van der Waals surface area contributed by atoms with Gasteiger partial charge in [-0.2, -0.15) is 0 Å². The molecule has 0 aliphatic heterocycles. The van der Waals surface area contributed by atoms with Crippen molar-refractivity contribution in [3.8, 4) is 0 Å². The molecule has 96 valence electrons. The van der Waals surface area contributed by atoms with E-state index in [9.17, 15) is 13.2 Å². The van der Waals surface area contributed by atoms with Gasteiger partial charge in [0.15, 0.2) is 9.84 Å². The predicted molar refractivity (Wildman–Crippen MR) is 64.8 cm³/mol. The van der Waals surface area contributed by atoms with Crippen LogP contribution in [0.2, 0.25) is 0 Å². The van der Waals surface area contributed by atoms with Gasteiger partial charge in [-0.05, 0) is 26.3 Å². The molecule has 0 heterocycles. The van der Waals surface area contributed by atoms with Crippen LogP contribution in [0.5, 0.6) is 0 Å². The Labute approximate surface area is 97.7 Å². The van der Waals surface area contributed by atoms with Gasteiger partial charge in [0, 0.05) is 12.8 Å². The molecule has 0 saturated carbocycles. The zero-order chi connectivity index (χ0) is 12.6. The topological polar surface area (TPSA) is 89.3 Å². The van der Waals surface area contributed by atoms with Gasteiger partial charge in [0.05, 0.1) is 0 Å². The molecule has 0 aromatic rings. The van der Waals surface area contributed by atoms with E-state index in [2.05, 4.69) is 5.32 Å². The number of nitrogens with two attached hydrogens (primary N) is 1. The molecule has 1 unspecified atom stereocenters. The summed E-state index contributed by atoms with van der Waals surface area (Å²) in [6.45, 7) is 2.62. The summed E-state index contributed by atoms with van der Waals surface area (Å²) in [6, 6.07) is 0. The molecule has 1 amide bonds. The molecular formula is C10H22N2O3S. The summed E-state index contributed by atoms with van der Waals surface area (Å²) in [6.07, 6.45) is 4.98. The fourth-order valence-electron chi connectivity index (χ4n) is 1.17. The van der Waals surface area contributed by atoms with Gasteiger partial charge >= 0.3 is 0 Å². The predicted octanol–water partition coefficient (Wildman–Crippen LogP) is 0.0548. The van der Waals surface area contributed by atoms with Crippen LogP contribution in [-0.4, -0.2) is 38.9 Å². The number of hydrogen-bond donors (Lipinski definition) is 2. The van der Waals surface area contributed by atoms with E-state index >= 15 is 0 Å². The average molecular weight is 250 g/mol. The second-order valence-electron chi connectivity index (χ2n) is 3.97. The zero-order valence-corrected chi connectivity index (χ0v) is 10.8. The van der Waals surface area contributed by atoms with Crippen LogP contribution in [0.15, 0.2) is 0 Å². The molecule has 0 saturated heterocycles. The van der Waals surface area contributed by atoms with Crippen molar-refractivity contribution in [3.63, 3.8) is 0 Å². The first-order valence-corrected chi connectivity index (χ1v) is 7.51. The summed E-state index contributed by atoms with van der Waals surface area (Å²) in [7, 11) is -3.28. The van der Waals surface area contributed by atoms with Gasteiger partial charge in [-0.1, -0.05) is 12.8 Å². The molecule has 16 heavy (non-hydrogen) atoms. The van der Waals surface area contributed by atoms with Crippen LogP contribution in [-0.2, 0) is 14.6 Å². The lowest BCUT2D eigenvalue weighted by Crippen LogP contribution is -2.37. The van der Waals surface area contributed by atoms with Crippen LogP contribution in [0.25, 0.3) is 0 Å². The highest BCUT2D eigenvalue weighted by Crippen LogP contribution is 1.99. The van der Waals surface area contributed by atoms with Crippen molar-refractivity contribution in [2.75, 3.05) is 19.3 Å². The van der Waals surface area contributed by atoms with Crippen LogP contribution >= 0.6 is 0 Å². The van der Waals surface area contributed by atoms with Crippen molar-refractivity contribution in [2.45, 2.75) is 37.9 Å². The highest BCUT2D eigenvalue weighted by molar-refractivity contribution is 7.92. The van der Waals surface area contributed by atoms with Gasteiger partial charge in [0.25, 0.3) is 0 Å². The van der Waals surface area contributed by atoms with E-state index in [1.807, 2.05) is 0 Å². The standard InChI is InChI=1S/C10H22N2O3S/c1-9(16(2,14)15)10(13)12-8-6-4-3-5-7-11/h9H,3-8,11H2,1-2H3,(H,12,13). The summed E-state index contributed by atoms with van der Waals surface area (Å²) >= 11 is 0. The molecular weight excluding hydrogens is 228 g/mol. The molecule has 0 fully saturated rings. The Morgan fingerprint density at radius 1 is 1.25 bits per heavy atom. The van der Waals surface area contributed by atoms with Gasteiger partial charge in [0.2, 0.25) is 5.91 Å². The van der Waals surface area contributed by atoms with E-state index in [1.54, 1.807) is 0 Å². The van der Waals surface area contributed by atoms with E-state index < -0.39 is 21.0 Å². The average Bonchev–Trinajstić information content (AvgIpc) is 2.20. The van der Waals surface area contributed by atoms with Crippen LogP contribution < -0.4 is 11.1 Å². The molecule has 5 nitrogen and oxygen atoms in total. The van der Waals surface area contributed by atoms with E-state index in [4.69, 9.17) is 5.73 Å².